The highest BCUT2D eigenvalue weighted by Gasteiger charge is 2.09. The molecule has 1 unspecified atom stereocenters. The van der Waals surface area contributed by atoms with Gasteiger partial charge in [-0.15, -0.1) is 0 Å². The molecule has 1 rings (SSSR count). The quantitative estimate of drug-likeness (QED) is 0.770. The summed E-state index contributed by atoms with van der Waals surface area (Å²) in [5.74, 6) is 0. The summed E-state index contributed by atoms with van der Waals surface area (Å²) in [5, 5.41) is 0. The zero-order chi connectivity index (χ0) is 9.84. The molecule has 0 saturated carbocycles. The van der Waals surface area contributed by atoms with Crippen molar-refractivity contribution in [3.8, 4) is 0 Å². The van der Waals surface area contributed by atoms with E-state index in [1.165, 1.54) is 11.1 Å². The molecule has 2 nitrogen and oxygen atoms in total. The van der Waals surface area contributed by atoms with E-state index in [-0.39, 0.29) is 6.04 Å². The molecule has 1 aromatic heterocycles. The lowest BCUT2D eigenvalue weighted by Gasteiger charge is -2.13. The highest BCUT2D eigenvalue weighted by molar-refractivity contribution is 5.31. The number of nitrogens with two attached hydrogens (primary N) is 1. The summed E-state index contributed by atoms with van der Waals surface area (Å²) in [4.78, 5) is 4.33. The van der Waals surface area contributed by atoms with Crippen molar-refractivity contribution >= 4 is 0 Å². The Morgan fingerprint density at radius 2 is 2.08 bits per heavy atom. The van der Waals surface area contributed by atoms with Gasteiger partial charge in [-0.1, -0.05) is 13.8 Å². The van der Waals surface area contributed by atoms with Crippen LogP contribution in [0.5, 0.6) is 0 Å². The molecule has 0 aliphatic rings. The molecule has 0 amide bonds. The Morgan fingerprint density at radius 3 is 2.54 bits per heavy atom. The molecule has 0 saturated heterocycles. The van der Waals surface area contributed by atoms with Gasteiger partial charge in [-0.2, -0.15) is 0 Å². The number of rotatable bonds is 3. The van der Waals surface area contributed by atoms with Crippen LogP contribution < -0.4 is 5.73 Å². The third kappa shape index (κ3) is 2.07. The Balaban J connectivity index is 3.19. The third-order valence-electron chi connectivity index (χ3n) is 2.35. The molecular formula is C11H18N2. The van der Waals surface area contributed by atoms with E-state index >= 15 is 0 Å². The molecule has 0 aromatic carbocycles. The molecule has 0 radical (unpaired) electrons. The summed E-state index contributed by atoms with van der Waals surface area (Å²) in [7, 11) is 0. The van der Waals surface area contributed by atoms with Gasteiger partial charge in [0.05, 0.1) is 5.69 Å². The van der Waals surface area contributed by atoms with E-state index in [2.05, 4.69) is 24.9 Å². The number of nitrogens with zero attached hydrogens (tertiary/aromatic N) is 1. The van der Waals surface area contributed by atoms with Gasteiger partial charge in [0.1, 0.15) is 0 Å². The summed E-state index contributed by atoms with van der Waals surface area (Å²) >= 11 is 0. The van der Waals surface area contributed by atoms with E-state index in [1.807, 2.05) is 13.1 Å². The van der Waals surface area contributed by atoms with E-state index in [4.69, 9.17) is 5.73 Å². The lowest BCUT2D eigenvalue weighted by atomic mass is 9.99. The second kappa shape index (κ2) is 4.38. The van der Waals surface area contributed by atoms with Crippen LogP contribution in [0.1, 0.15) is 43.6 Å². The summed E-state index contributed by atoms with van der Waals surface area (Å²) in [6.07, 6.45) is 3.94. The minimum Gasteiger partial charge on any atom is -0.323 e. The molecule has 13 heavy (non-hydrogen) atoms. The molecule has 0 bridgehead atoms. The SMILES string of the molecule is CCc1ccnc(C(C)N)c1CC. The Kier molecular flexibility index (Phi) is 3.43. The predicted octanol–water partition coefficient (Wildman–Crippen LogP) is 2.23. The largest absolute Gasteiger partial charge is 0.323 e. The number of aryl methyl sites for hydroxylation is 1. The Labute approximate surface area is 80.2 Å². The van der Waals surface area contributed by atoms with Crippen molar-refractivity contribution in [2.24, 2.45) is 5.73 Å². The van der Waals surface area contributed by atoms with Crippen molar-refractivity contribution in [3.63, 3.8) is 0 Å². The van der Waals surface area contributed by atoms with Gasteiger partial charge >= 0.3 is 0 Å². The van der Waals surface area contributed by atoms with Gasteiger partial charge in [0.25, 0.3) is 0 Å². The van der Waals surface area contributed by atoms with Crippen molar-refractivity contribution in [3.05, 3.63) is 29.1 Å². The van der Waals surface area contributed by atoms with Crippen LogP contribution in [-0.4, -0.2) is 4.98 Å². The molecule has 0 fully saturated rings. The normalized spacial score (nSPS) is 12.9. The predicted molar refractivity (Wildman–Crippen MR) is 55.6 cm³/mol. The Morgan fingerprint density at radius 1 is 1.38 bits per heavy atom. The van der Waals surface area contributed by atoms with E-state index in [1.54, 1.807) is 0 Å². The maximum absolute atomic E-state index is 5.85. The monoisotopic (exact) mass is 178 g/mol. The molecule has 1 heterocycles. The molecule has 0 spiro atoms. The zero-order valence-electron chi connectivity index (χ0n) is 8.67. The number of hydrogen-bond donors (Lipinski definition) is 1. The smallest absolute Gasteiger partial charge is 0.0602 e. The van der Waals surface area contributed by atoms with E-state index < -0.39 is 0 Å². The van der Waals surface area contributed by atoms with Gasteiger partial charge in [-0.05, 0) is 37.0 Å². The maximum Gasteiger partial charge on any atom is 0.0602 e. The van der Waals surface area contributed by atoms with E-state index in [9.17, 15) is 0 Å². The summed E-state index contributed by atoms with van der Waals surface area (Å²) in [6.45, 7) is 6.31. The fourth-order valence-corrected chi connectivity index (χ4v) is 1.68. The van der Waals surface area contributed by atoms with Crippen molar-refractivity contribution in [2.45, 2.75) is 39.7 Å². The minimum absolute atomic E-state index is 0.0430. The van der Waals surface area contributed by atoms with Crippen molar-refractivity contribution in [1.29, 1.82) is 0 Å². The molecule has 0 aliphatic heterocycles. The molecule has 2 N–H and O–H groups in total. The van der Waals surface area contributed by atoms with Crippen molar-refractivity contribution in [1.82, 2.24) is 4.98 Å². The molecule has 1 aromatic rings. The summed E-state index contributed by atoms with van der Waals surface area (Å²) in [6, 6.07) is 2.13. The van der Waals surface area contributed by atoms with Crippen LogP contribution in [0.2, 0.25) is 0 Å². The first-order chi connectivity index (χ1) is 6.20. The summed E-state index contributed by atoms with van der Waals surface area (Å²) in [5.41, 5.74) is 9.62. The van der Waals surface area contributed by atoms with Crippen LogP contribution in [0.15, 0.2) is 12.3 Å². The Hall–Kier alpha value is -0.890. The standard InChI is InChI=1S/C11H18N2/c1-4-9-6-7-13-11(8(3)12)10(9)5-2/h6-8H,4-5,12H2,1-3H3. The van der Waals surface area contributed by atoms with Gasteiger partial charge in [-0.25, -0.2) is 0 Å². The van der Waals surface area contributed by atoms with Gasteiger partial charge in [0.2, 0.25) is 0 Å². The first kappa shape index (κ1) is 10.2. The molecule has 72 valence electrons. The average Bonchev–Trinajstić information content (AvgIpc) is 2.16. The lowest BCUT2D eigenvalue weighted by Crippen LogP contribution is -2.12. The highest BCUT2D eigenvalue weighted by Crippen LogP contribution is 2.18. The van der Waals surface area contributed by atoms with Gasteiger partial charge in [0.15, 0.2) is 0 Å². The van der Waals surface area contributed by atoms with Crippen LogP contribution in [0.25, 0.3) is 0 Å². The van der Waals surface area contributed by atoms with E-state index in [0.29, 0.717) is 0 Å². The van der Waals surface area contributed by atoms with Gasteiger partial charge < -0.3 is 5.73 Å². The zero-order valence-corrected chi connectivity index (χ0v) is 8.67. The third-order valence-corrected chi connectivity index (χ3v) is 2.35. The molecular weight excluding hydrogens is 160 g/mol. The van der Waals surface area contributed by atoms with Crippen LogP contribution in [0.4, 0.5) is 0 Å². The molecule has 2 heteroatoms. The first-order valence-corrected chi connectivity index (χ1v) is 4.92. The molecule has 0 aliphatic carbocycles. The van der Waals surface area contributed by atoms with Gasteiger partial charge in [-0.3, -0.25) is 4.98 Å². The number of aromatic nitrogens is 1. The van der Waals surface area contributed by atoms with Crippen LogP contribution >= 0.6 is 0 Å². The molecule has 1 atom stereocenters. The van der Waals surface area contributed by atoms with Crippen LogP contribution in [-0.2, 0) is 12.8 Å². The topological polar surface area (TPSA) is 38.9 Å². The second-order valence-electron chi connectivity index (χ2n) is 3.33. The Bertz CT molecular complexity index is 279. The number of hydrogen-bond acceptors (Lipinski definition) is 2. The first-order valence-electron chi connectivity index (χ1n) is 4.92. The second-order valence-corrected chi connectivity index (χ2v) is 3.33. The average molecular weight is 178 g/mol. The van der Waals surface area contributed by atoms with Crippen molar-refractivity contribution in [2.75, 3.05) is 0 Å². The maximum atomic E-state index is 5.85. The van der Waals surface area contributed by atoms with Crippen LogP contribution in [0, 0.1) is 0 Å². The fraction of sp³-hybridized carbons (Fsp3) is 0.545. The van der Waals surface area contributed by atoms with E-state index in [0.717, 1.165) is 18.5 Å². The van der Waals surface area contributed by atoms with Crippen molar-refractivity contribution < 1.29 is 0 Å². The highest BCUT2D eigenvalue weighted by atomic mass is 14.8. The van der Waals surface area contributed by atoms with Crippen LogP contribution in [0.3, 0.4) is 0 Å². The fourth-order valence-electron chi connectivity index (χ4n) is 1.68. The number of pyridine rings is 1. The summed E-state index contributed by atoms with van der Waals surface area (Å²) < 4.78 is 0. The lowest BCUT2D eigenvalue weighted by molar-refractivity contribution is 0.756. The minimum atomic E-state index is 0.0430. The van der Waals surface area contributed by atoms with Gasteiger partial charge in [0, 0.05) is 12.2 Å².